The van der Waals surface area contributed by atoms with Crippen LogP contribution in [0.15, 0.2) is 24.4 Å². The van der Waals surface area contributed by atoms with Crippen molar-refractivity contribution >= 4 is 16.8 Å². The van der Waals surface area contributed by atoms with E-state index in [1.54, 1.807) is 0 Å². The Bertz CT molecular complexity index is 928. The number of amides is 1. The Kier molecular flexibility index (Phi) is 5.75. The second-order valence-electron chi connectivity index (χ2n) is 9.90. The standard InChI is InChI=1S/C24H34N4O3/c1-26-22-3-2-18(12-20(22)14-25-26)15-27-8-6-24(7-9-27)13-21(29)16-28(17-24)23(30)19-4-10-31-11-5-19/h2-3,12,14,19,21,29H,4-11,13,15-17H2,1H3. The topological polar surface area (TPSA) is 70.8 Å². The van der Waals surface area contributed by atoms with E-state index in [9.17, 15) is 9.90 Å². The van der Waals surface area contributed by atoms with E-state index >= 15 is 0 Å². The molecule has 1 amide bonds. The third-order valence-corrected chi connectivity index (χ3v) is 7.64. The lowest BCUT2D eigenvalue weighted by atomic mass is 9.71. The fourth-order valence-corrected chi connectivity index (χ4v) is 5.84. The maximum absolute atomic E-state index is 13.1. The van der Waals surface area contributed by atoms with Gasteiger partial charge in [-0.2, -0.15) is 5.10 Å². The molecule has 1 unspecified atom stereocenters. The van der Waals surface area contributed by atoms with Crippen LogP contribution in [0.5, 0.6) is 0 Å². The first-order valence-electron chi connectivity index (χ1n) is 11.7. The Morgan fingerprint density at radius 2 is 2.03 bits per heavy atom. The number of carbonyl (C=O) groups is 1. The van der Waals surface area contributed by atoms with E-state index in [0.29, 0.717) is 19.8 Å². The zero-order chi connectivity index (χ0) is 21.4. The highest BCUT2D eigenvalue weighted by Gasteiger charge is 2.43. The maximum atomic E-state index is 13.1. The molecular weight excluding hydrogens is 392 g/mol. The Morgan fingerprint density at radius 1 is 1.26 bits per heavy atom. The highest BCUT2D eigenvalue weighted by atomic mass is 16.5. The average molecular weight is 427 g/mol. The molecule has 1 aromatic heterocycles. The second kappa shape index (κ2) is 8.52. The monoisotopic (exact) mass is 426 g/mol. The number of aliphatic hydroxyl groups is 1. The van der Waals surface area contributed by atoms with Crippen LogP contribution in [0.25, 0.3) is 10.9 Å². The molecule has 0 aliphatic carbocycles. The van der Waals surface area contributed by atoms with Crippen LogP contribution in [0.3, 0.4) is 0 Å². The fraction of sp³-hybridized carbons (Fsp3) is 0.667. The van der Waals surface area contributed by atoms with E-state index in [-0.39, 0.29) is 17.2 Å². The van der Waals surface area contributed by atoms with Crippen molar-refractivity contribution in [1.82, 2.24) is 19.6 Å². The van der Waals surface area contributed by atoms with Gasteiger partial charge in [0, 0.05) is 51.2 Å². The van der Waals surface area contributed by atoms with Crippen molar-refractivity contribution in [3.63, 3.8) is 0 Å². The number of β-amino-alcohol motifs (C(OH)–C–C–N with tert-alkyl or cyclic N) is 1. The van der Waals surface area contributed by atoms with E-state index < -0.39 is 6.10 Å². The number of hydrogen-bond donors (Lipinski definition) is 1. The van der Waals surface area contributed by atoms with Crippen LogP contribution in [-0.4, -0.2) is 76.1 Å². The molecule has 7 nitrogen and oxygen atoms in total. The molecule has 31 heavy (non-hydrogen) atoms. The van der Waals surface area contributed by atoms with Gasteiger partial charge in [-0.15, -0.1) is 0 Å². The van der Waals surface area contributed by atoms with E-state index in [4.69, 9.17) is 4.74 Å². The van der Waals surface area contributed by atoms with Crippen molar-refractivity contribution in [2.24, 2.45) is 18.4 Å². The van der Waals surface area contributed by atoms with Crippen molar-refractivity contribution in [1.29, 1.82) is 0 Å². The van der Waals surface area contributed by atoms with Crippen LogP contribution >= 0.6 is 0 Å². The van der Waals surface area contributed by atoms with Crippen molar-refractivity contribution in [3.05, 3.63) is 30.0 Å². The number of aliphatic hydroxyl groups excluding tert-OH is 1. The summed E-state index contributed by atoms with van der Waals surface area (Å²) in [5, 5.41) is 16.1. The highest BCUT2D eigenvalue weighted by Crippen LogP contribution is 2.41. The molecule has 5 rings (SSSR count). The molecule has 3 saturated heterocycles. The van der Waals surface area contributed by atoms with Gasteiger partial charge in [-0.25, -0.2) is 0 Å². The van der Waals surface area contributed by atoms with Crippen LogP contribution in [0.2, 0.25) is 0 Å². The SMILES string of the molecule is Cn1ncc2cc(CN3CCC4(CC3)CC(O)CN(C(=O)C3CCOCC3)C4)ccc21. The summed E-state index contributed by atoms with van der Waals surface area (Å²) < 4.78 is 7.33. The van der Waals surface area contributed by atoms with Crippen LogP contribution in [-0.2, 0) is 23.1 Å². The first-order valence-corrected chi connectivity index (χ1v) is 11.7. The van der Waals surface area contributed by atoms with Gasteiger partial charge in [0.05, 0.1) is 17.8 Å². The van der Waals surface area contributed by atoms with E-state index in [2.05, 4.69) is 28.2 Å². The van der Waals surface area contributed by atoms with E-state index in [1.165, 1.54) is 10.9 Å². The summed E-state index contributed by atoms with van der Waals surface area (Å²) in [4.78, 5) is 17.6. The molecule has 0 saturated carbocycles. The number of aryl methyl sites for hydroxylation is 1. The molecule has 3 fully saturated rings. The number of nitrogens with zero attached hydrogens (tertiary/aromatic N) is 4. The summed E-state index contributed by atoms with van der Waals surface area (Å²) in [6.07, 6.45) is 6.04. The largest absolute Gasteiger partial charge is 0.391 e. The molecule has 3 aliphatic rings. The van der Waals surface area contributed by atoms with Crippen molar-refractivity contribution < 1.29 is 14.6 Å². The summed E-state index contributed by atoms with van der Waals surface area (Å²) in [7, 11) is 1.97. The molecule has 7 heteroatoms. The van der Waals surface area contributed by atoms with E-state index in [1.807, 2.05) is 22.8 Å². The Balaban J connectivity index is 1.21. The van der Waals surface area contributed by atoms with Crippen LogP contribution in [0.4, 0.5) is 0 Å². The molecule has 1 N–H and O–H groups in total. The highest BCUT2D eigenvalue weighted by molar-refractivity contribution is 5.79. The van der Waals surface area contributed by atoms with Gasteiger partial charge in [-0.1, -0.05) is 6.07 Å². The number of piperidine rings is 2. The Morgan fingerprint density at radius 3 is 2.81 bits per heavy atom. The molecule has 2 aromatic rings. The number of fused-ring (bicyclic) bond motifs is 1. The molecule has 168 valence electrons. The number of likely N-dealkylation sites (tertiary alicyclic amines) is 2. The summed E-state index contributed by atoms with van der Waals surface area (Å²) in [5.74, 6) is 0.298. The summed E-state index contributed by atoms with van der Waals surface area (Å²) in [6, 6.07) is 6.60. The van der Waals surface area contributed by atoms with Crippen LogP contribution in [0, 0.1) is 11.3 Å². The molecule has 1 spiro atoms. The minimum Gasteiger partial charge on any atom is -0.391 e. The van der Waals surface area contributed by atoms with Gasteiger partial charge in [0.1, 0.15) is 0 Å². The number of ether oxygens (including phenoxy) is 1. The number of carbonyl (C=O) groups excluding carboxylic acids is 1. The van der Waals surface area contributed by atoms with Gasteiger partial charge in [0.15, 0.2) is 0 Å². The predicted molar refractivity (Wildman–Crippen MR) is 118 cm³/mol. The zero-order valence-electron chi connectivity index (χ0n) is 18.5. The lowest BCUT2D eigenvalue weighted by Gasteiger charge is -2.49. The first-order chi connectivity index (χ1) is 15.0. The van der Waals surface area contributed by atoms with Gasteiger partial charge in [0.2, 0.25) is 5.91 Å². The summed E-state index contributed by atoms with van der Waals surface area (Å²) in [5.41, 5.74) is 2.53. The summed E-state index contributed by atoms with van der Waals surface area (Å²) >= 11 is 0. The molecule has 1 aromatic carbocycles. The molecule has 1 atom stereocenters. The third kappa shape index (κ3) is 4.36. The minimum atomic E-state index is -0.405. The molecule has 3 aliphatic heterocycles. The van der Waals surface area contributed by atoms with Gasteiger partial charge in [-0.05, 0) is 68.3 Å². The second-order valence-corrected chi connectivity index (χ2v) is 9.90. The molecule has 0 bridgehead atoms. The van der Waals surface area contributed by atoms with E-state index in [0.717, 1.165) is 63.8 Å². The smallest absolute Gasteiger partial charge is 0.225 e. The first kappa shape index (κ1) is 20.9. The normalized spacial score (nSPS) is 25.4. The third-order valence-electron chi connectivity index (χ3n) is 7.64. The number of benzene rings is 1. The van der Waals surface area contributed by atoms with Crippen LogP contribution in [0.1, 0.15) is 37.7 Å². The average Bonchev–Trinajstić information content (AvgIpc) is 3.15. The van der Waals surface area contributed by atoms with Crippen molar-refractivity contribution in [3.8, 4) is 0 Å². The number of rotatable bonds is 3. The van der Waals surface area contributed by atoms with Gasteiger partial charge >= 0.3 is 0 Å². The fourth-order valence-electron chi connectivity index (χ4n) is 5.84. The van der Waals surface area contributed by atoms with Gasteiger partial charge < -0.3 is 14.7 Å². The van der Waals surface area contributed by atoms with Gasteiger partial charge in [-0.3, -0.25) is 14.4 Å². The zero-order valence-corrected chi connectivity index (χ0v) is 18.5. The minimum absolute atomic E-state index is 0.0578. The Labute approximate surface area is 183 Å². The quantitative estimate of drug-likeness (QED) is 0.815. The van der Waals surface area contributed by atoms with Crippen molar-refractivity contribution in [2.75, 3.05) is 39.4 Å². The lowest BCUT2D eigenvalue weighted by Crippen LogP contribution is -2.56. The van der Waals surface area contributed by atoms with Crippen molar-refractivity contribution in [2.45, 2.75) is 44.8 Å². The maximum Gasteiger partial charge on any atom is 0.225 e. The predicted octanol–water partition coefficient (Wildman–Crippen LogP) is 2.18. The molecular formula is C24H34N4O3. The molecule has 4 heterocycles. The molecule has 0 radical (unpaired) electrons. The Hall–Kier alpha value is -1.96. The lowest BCUT2D eigenvalue weighted by molar-refractivity contribution is -0.147. The van der Waals surface area contributed by atoms with Gasteiger partial charge in [0.25, 0.3) is 0 Å². The number of hydrogen-bond acceptors (Lipinski definition) is 5. The number of aromatic nitrogens is 2. The van der Waals surface area contributed by atoms with Crippen LogP contribution < -0.4 is 0 Å². The summed E-state index contributed by atoms with van der Waals surface area (Å²) in [6.45, 7) is 5.61.